The van der Waals surface area contributed by atoms with Crippen molar-refractivity contribution in [2.45, 2.75) is 12.3 Å². The van der Waals surface area contributed by atoms with Crippen molar-refractivity contribution in [2.75, 3.05) is 12.4 Å². The van der Waals surface area contributed by atoms with Gasteiger partial charge in [0.25, 0.3) is 0 Å². The van der Waals surface area contributed by atoms with Crippen molar-refractivity contribution in [3.05, 3.63) is 59.7 Å². The summed E-state index contributed by atoms with van der Waals surface area (Å²) < 4.78 is 5.21. The van der Waals surface area contributed by atoms with Crippen LogP contribution in [-0.4, -0.2) is 28.3 Å². The van der Waals surface area contributed by atoms with E-state index in [-0.39, 0.29) is 17.6 Å². The predicted molar refractivity (Wildman–Crippen MR) is 93.8 cm³/mol. The van der Waals surface area contributed by atoms with Crippen LogP contribution in [0.1, 0.15) is 23.5 Å². The number of phenolic OH excluding ortho intramolecular Hbond substituents is 1. The van der Waals surface area contributed by atoms with Crippen LogP contribution in [0.3, 0.4) is 0 Å². The summed E-state index contributed by atoms with van der Waals surface area (Å²) in [6.07, 6.45) is 0.306. The molecule has 25 heavy (non-hydrogen) atoms. The first-order valence-corrected chi connectivity index (χ1v) is 7.98. The Hall–Kier alpha value is -3.28. The second kappa shape index (κ2) is 5.98. The number of nitrogens with one attached hydrogen (secondary N) is 2. The number of H-pyrrole nitrogens is 1. The average molecular weight is 335 g/mol. The lowest BCUT2D eigenvalue weighted by Crippen LogP contribution is -2.23. The molecule has 1 aromatic heterocycles. The fourth-order valence-corrected chi connectivity index (χ4v) is 3.28. The Balaban J connectivity index is 1.86. The number of hydrogen-bond donors (Lipinski definition) is 3. The second-order valence-electron chi connectivity index (χ2n) is 5.96. The Labute approximate surface area is 144 Å². The van der Waals surface area contributed by atoms with Gasteiger partial charge in [0.2, 0.25) is 5.91 Å². The van der Waals surface area contributed by atoms with E-state index in [4.69, 9.17) is 4.74 Å². The molecule has 1 atom stereocenters. The number of phenols is 1. The summed E-state index contributed by atoms with van der Waals surface area (Å²) in [5.74, 6) is 0.743. The maximum Gasteiger partial charge on any atom is 0.226 e. The molecule has 1 aliphatic heterocycles. The summed E-state index contributed by atoms with van der Waals surface area (Å²) in [7, 11) is 1.51. The molecule has 1 aliphatic rings. The minimum absolute atomic E-state index is 0.0715. The summed E-state index contributed by atoms with van der Waals surface area (Å²) in [5, 5.41) is 20.0. The van der Waals surface area contributed by atoms with Crippen molar-refractivity contribution in [3.63, 3.8) is 0 Å². The van der Waals surface area contributed by atoms with Crippen molar-refractivity contribution in [3.8, 4) is 22.8 Å². The SMILES string of the molecule is COc1cc([C@H]2CC(=O)Nc3n[nH]c(-c4ccccc4)c32)ccc1O. The lowest BCUT2D eigenvalue weighted by atomic mass is 9.84. The number of ether oxygens (including phenoxy) is 1. The van der Waals surface area contributed by atoms with Gasteiger partial charge in [0.05, 0.1) is 12.8 Å². The van der Waals surface area contributed by atoms with Crippen molar-refractivity contribution >= 4 is 11.7 Å². The van der Waals surface area contributed by atoms with Gasteiger partial charge in [-0.25, -0.2) is 0 Å². The smallest absolute Gasteiger partial charge is 0.226 e. The van der Waals surface area contributed by atoms with Crippen LogP contribution in [0.15, 0.2) is 48.5 Å². The lowest BCUT2D eigenvalue weighted by Gasteiger charge is -2.24. The quantitative estimate of drug-likeness (QED) is 0.685. The number of carbonyl (C=O) groups is 1. The highest BCUT2D eigenvalue weighted by Gasteiger charge is 2.32. The van der Waals surface area contributed by atoms with Crippen LogP contribution >= 0.6 is 0 Å². The maximum atomic E-state index is 12.1. The van der Waals surface area contributed by atoms with Gasteiger partial charge in [0.1, 0.15) is 0 Å². The third-order valence-corrected chi connectivity index (χ3v) is 4.47. The van der Waals surface area contributed by atoms with E-state index in [1.807, 2.05) is 36.4 Å². The number of nitrogens with zero attached hydrogens (tertiary/aromatic N) is 1. The first kappa shape index (κ1) is 15.3. The second-order valence-corrected chi connectivity index (χ2v) is 5.96. The number of aromatic nitrogens is 2. The maximum absolute atomic E-state index is 12.1. The number of aromatic hydroxyl groups is 1. The van der Waals surface area contributed by atoms with Crippen molar-refractivity contribution in [2.24, 2.45) is 0 Å². The van der Waals surface area contributed by atoms with Gasteiger partial charge in [0.15, 0.2) is 17.3 Å². The summed E-state index contributed by atoms with van der Waals surface area (Å²) in [6.45, 7) is 0. The molecule has 0 bridgehead atoms. The molecule has 4 rings (SSSR count). The molecule has 0 saturated carbocycles. The molecular formula is C19H17N3O3. The molecule has 0 radical (unpaired) electrons. The number of benzene rings is 2. The Morgan fingerprint density at radius 2 is 2.00 bits per heavy atom. The van der Waals surface area contributed by atoms with Gasteiger partial charge >= 0.3 is 0 Å². The number of methoxy groups -OCH3 is 1. The summed E-state index contributed by atoms with van der Waals surface area (Å²) in [5.41, 5.74) is 3.72. The van der Waals surface area contributed by atoms with Crippen LogP contribution in [0.4, 0.5) is 5.82 Å². The number of hydrogen-bond acceptors (Lipinski definition) is 4. The van der Waals surface area contributed by atoms with E-state index < -0.39 is 0 Å². The van der Waals surface area contributed by atoms with Crippen LogP contribution in [0.2, 0.25) is 0 Å². The lowest BCUT2D eigenvalue weighted by molar-refractivity contribution is -0.116. The molecule has 6 nitrogen and oxygen atoms in total. The first-order chi connectivity index (χ1) is 12.2. The van der Waals surface area contributed by atoms with Gasteiger partial charge in [-0.2, -0.15) is 5.10 Å². The molecule has 2 heterocycles. The molecule has 1 amide bonds. The Kier molecular flexibility index (Phi) is 3.65. The molecule has 0 spiro atoms. The van der Waals surface area contributed by atoms with Gasteiger partial charge in [-0.15, -0.1) is 0 Å². The van der Waals surface area contributed by atoms with E-state index in [1.165, 1.54) is 7.11 Å². The van der Waals surface area contributed by atoms with Gasteiger partial charge in [-0.05, 0) is 23.3 Å². The number of amides is 1. The highest BCUT2D eigenvalue weighted by molar-refractivity contribution is 5.96. The normalized spacial score (nSPS) is 16.2. The van der Waals surface area contributed by atoms with Crippen LogP contribution in [0.25, 0.3) is 11.3 Å². The predicted octanol–water partition coefficient (Wildman–Crippen LogP) is 3.27. The highest BCUT2D eigenvalue weighted by atomic mass is 16.5. The fourth-order valence-electron chi connectivity index (χ4n) is 3.28. The molecule has 0 unspecified atom stereocenters. The number of anilines is 1. The summed E-state index contributed by atoms with van der Waals surface area (Å²) in [6, 6.07) is 15.0. The van der Waals surface area contributed by atoms with Gasteiger partial charge in [0, 0.05) is 17.9 Å². The van der Waals surface area contributed by atoms with E-state index >= 15 is 0 Å². The molecule has 2 aromatic carbocycles. The minimum Gasteiger partial charge on any atom is -0.504 e. The first-order valence-electron chi connectivity index (χ1n) is 7.98. The zero-order valence-electron chi connectivity index (χ0n) is 13.6. The Morgan fingerprint density at radius 1 is 1.20 bits per heavy atom. The standard InChI is InChI=1S/C19H17N3O3/c1-25-15-9-12(7-8-14(15)23)13-10-16(24)20-19-17(13)18(21-22-19)11-5-3-2-4-6-11/h2-9,13,23H,10H2,1H3,(H2,20,21,22,24)/t13-/m1/s1. The number of rotatable bonds is 3. The van der Waals surface area contributed by atoms with E-state index in [9.17, 15) is 9.90 Å². The Morgan fingerprint density at radius 3 is 2.76 bits per heavy atom. The number of fused-ring (bicyclic) bond motifs is 1. The number of aromatic amines is 1. The Bertz CT molecular complexity index is 934. The molecule has 0 saturated heterocycles. The molecule has 6 heteroatoms. The molecule has 0 fully saturated rings. The van der Waals surface area contributed by atoms with Crippen LogP contribution in [0.5, 0.6) is 11.5 Å². The van der Waals surface area contributed by atoms with Crippen molar-refractivity contribution in [1.82, 2.24) is 10.2 Å². The van der Waals surface area contributed by atoms with Crippen molar-refractivity contribution < 1.29 is 14.6 Å². The van der Waals surface area contributed by atoms with E-state index in [1.54, 1.807) is 12.1 Å². The highest BCUT2D eigenvalue weighted by Crippen LogP contribution is 2.43. The largest absolute Gasteiger partial charge is 0.504 e. The van der Waals surface area contributed by atoms with Crippen LogP contribution in [-0.2, 0) is 4.79 Å². The monoisotopic (exact) mass is 335 g/mol. The van der Waals surface area contributed by atoms with Gasteiger partial charge in [-0.1, -0.05) is 36.4 Å². The molecule has 3 aromatic rings. The third-order valence-electron chi connectivity index (χ3n) is 4.47. The van der Waals surface area contributed by atoms with E-state index in [0.717, 1.165) is 22.4 Å². The topological polar surface area (TPSA) is 87.2 Å². The van der Waals surface area contributed by atoms with Crippen molar-refractivity contribution in [1.29, 1.82) is 0 Å². The summed E-state index contributed by atoms with van der Waals surface area (Å²) >= 11 is 0. The van der Waals surface area contributed by atoms with Gasteiger partial charge < -0.3 is 15.2 Å². The van der Waals surface area contributed by atoms with Crippen LogP contribution in [0, 0.1) is 0 Å². The zero-order chi connectivity index (χ0) is 17.4. The molecular weight excluding hydrogens is 318 g/mol. The van der Waals surface area contributed by atoms with E-state index in [0.29, 0.717) is 18.0 Å². The number of carbonyl (C=O) groups excluding carboxylic acids is 1. The minimum atomic E-state index is -0.174. The van der Waals surface area contributed by atoms with E-state index in [2.05, 4.69) is 15.5 Å². The average Bonchev–Trinajstić information content (AvgIpc) is 3.06. The van der Waals surface area contributed by atoms with Gasteiger partial charge in [-0.3, -0.25) is 9.89 Å². The molecule has 126 valence electrons. The van der Waals surface area contributed by atoms with Crippen LogP contribution < -0.4 is 10.1 Å². The molecule has 0 aliphatic carbocycles. The third kappa shape index (κ3) is 2.61. The molecule has 3 N–H and O–H groups in total. The summed E-state index contributed by atoms with van der Waals surface area (Å²) in [4.78, 5) is 12.1. The fraction of sp³-hybridized carbons (Fsp3) is 0.158. The zero-order valence-corrected chi connectivity index (χ0v) is 13.6.